The molecule has 64 valence electrons. The van der Waals surface area contributed by atoms with E-state index in [9.17, 15) is 4.79 Å². The Kier molecular flexibility index (Phi) is 3.06. The van der Waals surface area contributed by atoms with Crippen LogP contribution in [0.2, 0.25) is 0 Å². The maximum absolute atomic E-state index is 11.2. The zero-order valence-electron chi connectivity index (χ0n) is 7.39. The number of nitrogens with one attached hydrogen (secondary N) is 1. The Morgan fingerprint density at radius 3 is 2.55 bits per heavy atom. The number of carbonyl (C=O) groups is 1. The molecule has 1 rings (SSSR count). The van der Waals surface area contributed by atoms with Crippen molar-refractivity contribution >= 4 is 5.78 Å². The minimum absolute atomic E-state index is 0.225. The quantitative estimate of drug-likeness (QED) is 0.661. The third-order valence-electron chi connectivity index (χ3n) is 2.31. The van der Waals surface area contributed by atoms with Crippen LogP contribution in [0, 0.1) is 11.8 Å². The molecule has 0 amide bonds. The van der Waals surface area contributed by atoms with E-state index in [1.807, 2.05) is 13.8 Å². The lowest BCUT2D eigenvalue weighted by atomic mass is 9.93. The Bertz CT molecular complexity index is 138. The summed E-state index contributed by atoms with van der Waals surface area (Å²) in [5.41, 5.74) is 0. The number of hydrogen-bond donors (Lipinski definition) is 1. The highest BCUT2D eigenvalue weighted by Crippen LogP contribution is 2.13. The second kappa shape index (κ2) is 3.86. The Balaban J connectivity index is 2.06. The molecule has 0 aromatic heterocycles. The highest BCUT2D eigenvalue weighted by Gasteiger charge is 2.18. The first-order chi connectivity index (χ1) is 5.20. The van der Waals surface area contributed by atoms with E-state index in [2.05, 4.69) is 5.32 Å². The number of hydrogen-bond acceptors (Lipinski definition) is 2. The first-order valence-electron chi connectivity index (χ1n) is 4.43. The van der Waals surface area contributed by atoms with Crippen molar-refractivity contribution in [3.8, 4) is 0 Å². The Labute approximate surface area is 68.4 Å². The first kappa shape index (κ1) is 8.72. The molecule has 1 aliphatic rings. The minimum atomic E-state index is 0.225. The topological polar surface area (TPSA) is 29.1 Å². The molecular formula is C9H17NO. The van der Waals surface area contributed by atoms with Crippen LogP contribution < -0.4 is 5.32 Å². The van der Waals surface area contributed by atoms with Crippen molar-refractivity contribution in [3.63, 3.8) is 0 Å². The van der Waals surface area contributed by atoms with E-state index in [0.717, 1.165) is 31.8 Å². The van der Waals surface area contributed by atoms with Crippen molar-refractivity contribution in [1.29, 1.82) is 0 Å². The third-order valence-corrected chi connectivity index (χ3v) is 2.31. The Morgan fingerprint density at radius 1 is 1.55 bits per heavy atom. The van der Waals surface area contributed by atoms with E-state index in [1.54, 1.807) is 0 Å². The summed E-state index contributed by atoms with van der Waals surface area (Å²) >= 11 is 0. The van der Waals surface area contributed by atoms with Crippen LogP contribution >= 0.6 is 0 Å². The predicted molar refractivity (Wildman–Crippen MR) is 45.4 cm³/mol. The van der Waals surface area contributed by atoms with Gasteiger partial charge in [0.05, 0.1) is 0 Å². The van der Waals surface area contributed by atoms with Crippen molar-refractivity contribution in [1.82, 2.24) is 5.32 Å². The van der Waals surface area contributed by atoms with E-state index in [-0.39, 0.29) is 5.92 Å². The van der Waals surface area contributed by atoms with Gasteiger partial charge in [-0.3, -0.25) is 4.79 Å². The summed E-state index contributed by atoms with van der Waals surface area (Å²) in [5, 5.41) is 3.20. The van der Waals surface area contributed by atoms with Gasteiger partial charge in [0, 0.05) is 12.3 Å². The SMILES string of the molecule is CC(C)C(=O)CCC1CNC1. The molecule has 0 unspecified atom stereocenters. The lowest BCUT2D eigenvalue weighted by Crippen LogP contribution is -2.42. The molecule has 2 heteroatoms. The van der Waals surface area contributed by atoms with Crippen LogP contribution in [0.5, 0.6) is 0 Å². The second-order valence-corrected chi connectivity index (χ2v) is 3.68. The summed E-state index contributed by atoms with van der Waals surface area (Å²) in [5.74, 6) is 1.41. The van der Waals surface area contributed by atoms with Crippen molar-refractivity contribution < 1.29 is 4.79 Å². The molecule has 1 saturated heterocycles. The molecule has 0 spiro atoms. The molecule has 0 aromatic rings. The second-order valence-electron chi connectivity index (χ2n) is 3.68. The number of Topliss-reactive ketones (excluding diaryl/α,β-unsaturated/α-hetero) is 1. The monoisotopic (exact) mass is 155 g/mol. The van der Waals surface area contributed by atoms with Crippen molar-refractivity contribution in [3.05, 3.63) is 0 Å². The summed E-state index contributed by atoms with van der Waals surface area (Å²) in [6, 6.07) is 0. The average molecular weight is 155 g/mol. The van der Waals surface area contributed by atoms with Gasteiger partial charge in [-0.05, 0) is 25.4 Å². The highest BCUT2D eigenvalue weighted by molar-refractivity contribution is 5.80. The van der Waals surface area contributed by atoms with Gasteiger partial charge in [0.2, 0.25) is 0 Å². The van der Waals surface area contributed by atoms with E-state index in [4.69, 9.17) is 0 Å². The van der Waals surface area contributed by atoms with Gasteiger partial charge in [-0.25, -0.2) is 0 Å². The molecule has 11 heavy (non-hydrogen) atoms. The summed E-state index contributed by atoms with van der Waals surface area (Å²) in [4.78, 5) is 11.2. The summed E-state index contributed by atoms with van der Waals surface area (Å²) in [6.07, 6.45) is 1.87. The standard InChI is InChI=1S/C9H17NO/c1-7(2)9(11)4-3-8-5-10-6-8/h7-8,10H,3-6H2,1-2H3. The minimum Gasteiger partial charge on any atom is -0.316 e. The summed E-state index contributed by atoms with van der Waals surface area (Å²) in [7, 11) is 0. The highest BCUT2D eigenvalue weighted by atomic mass is 16.1. The normalized spacial score (nSPS) is 18.5. The molecule has 1 fully saturated rings. The Morgan fingerprint density at radius 2 is 2.18 bits per heavy atom. The Hall–Kier alpha value is -0.370. The molecule has 0 aromatic carbocycles. The average Bonchev–Trinajstić information content (AvgIpc) is 1.83. The molecule has 1 aliphatic heterocycles. The maximum Gasteiger partial charge on any atom is 0.135 e. The zero-order valence-corrected chi connectivity index (χ0v) is 7.39. The van der Waals surface area contributed by atoms with Crippen LogP contribution in [0.15, 0.2) is 0 Å². The van der Waals surface area contributed by atoms with Crippen molar-refractivity contribution in [2.45, 2.75) is 26.7 Å². The summed E-state index contributed by atoms with van der Waals surface area (Å²) < 4.78 is 0. The van der Waals surface area contributed by atoms with Gasteiger partial charge in [0.15, 0.2) is 0 Å². The largest absolute Gasteiger partial charge is 0.316 e. The van der Waals surface area contributed by atoms with Gasteiger partial charge in [0.1, 0.15) is 5.78 Å². The molecule has 2 nitrogen and oxygen atoms in total. The first-order valence-corrected chi connectivity index (χ1v) is 4.43. The van der Waals surface area contributed by atoms with Gasteiger partial charge < -0.3 is 5.32 Å². The van der Waals surface area contributed by atoms with Crippen molar-refractivity contribution in [2.75, 3.05) is 13.1 Å². The lowest BCUT2D eigenvalue weighted by Gasteiger charge is -2.26. The number of rotatable bonds is 4. The molecule has 1 N–H and O–H groups in total. The lowest BCUT2D eigenvalue weighted by molar-refractivity contribution is -0.122. The van der Waals surface area contributed by atoms with Gasteiger partial charge >= 0.3 is 0 Å². The van der Waals surface area contributed by atoms with E-state index in [0.29, 0.717) is 5.78 Å². The van der Waals surface area contributed by atoms with Crippen LogP contribution in [0.4, 0.5) is 0 Å². The molecular weight excluding hydrogens is 138 g/mol. The zero-order chi connectivity index (χ0) is 8.27. The van der Waals surface area contributed by atoms with E-state index >= 15 is 0 Å². The smallest absolute Gasteiger partial charge is 0.135 e. The molecule has 0 saturated carbocycles. The van der Waals surface area contributed by atoms with Crippen LogP contribution in [0.1, 0.15) is 26.7 Å². The van der Waals surface area contributed by atoms with Crippen LogP contribution in [0.25, 0.3) is 0 Å². The molecule has 0 bridgehead atoms. The summed E-state index contributed by atoms with van der Waals surface area (Å²) in [6.45, 7) is 6.18. The van der Waals surface area contributed by atoms with Gasteiger partial charge in [-0.15, -0.1) is 0 Å². The van der Waals surface area contributed by atoms with Crippen LogP contribution in [-0.2, 0) is 4.79 Å². The van der Waals surface area contributed by atoms with Gasteiger partial charge in [-0.1, -0.05) is 13.8 Å². The maximum atomic E-state index is 11.2. The molecule has 0 radical (unpaired) electrons. The number of ketones is 1. The van der Waals surface area contributed by atoms with E-state index < -0.39 is 0 Å². The fourth-order valence-corrected chi connectivity index (χ4v) is 1.19. The molecule has 1 heterocycles. The van der Waals surface area contributed by atoms with Gasteiger partial charge in [-0.2, -0.15) is 0 Å². The van der Waals surface area contributed by atoms with E-state index in [1.165, 1.54) is 0 Å². The molecule has 0 aliphatic carbocycles. The van der Waals surface area contributed by atoms with Crippen LogP contribution in [0.3, 0.4) is 0 Å². The third kappa shape index (κ3) is 2.62. The number of carbonyl (C=O) groups excluding carboxylic acids is 1. The fraction of sp³-hybridized carbons (Fsp3) is 0.889. The van der Waals surface area contributed by atoms with Crippen LogP contribution in [-0.4, -0.2) is 18.9 Å². The predicted octanol–water partition coefficient (Wildman–Crippen LogP) is 1.21. The fourth-order valence-electron chi connectivity index (χ4n) is 1.19. The molecule has 0 atom stereocenters. The van der Waals surface area contributed by atoms with Gasteiger partial charge in [0.25, 0.3) is 0 Å². The van der Waals surface area contributed by atoms with Crippen molar-refractivity contribution in [2.24, 2.45) is 11.8 Å².